The van der Waals surface area contributed by atoms with Crippen molar-refractivity contribution in [2.45, 2.75) is 25.9 Å². The van der Waals surface area contributed by atoms with Crippen LogP contribution in [0.15, 0.2) is 30.3 Å². The summed E-state index contributed by atoms with van der Waals surface area (Å²) >= 11 is 0. The molecule has 0 aliphatic carbocycles. The van der Waals surface area contributed by atoms with Crippen molar-refractivity contribution in [3.63, 3.8) is 0 Å². The zero-order valence-electron chi connectivity index (χ0n) is 9.99. The van der Waals surface area contributed by atoms with Gasteiger partial charge in [-0.3, -0.25) is 0 Å². The van der Waals surface area contributed by atoms with E-state index in [1.54, 1.807) is 0 Å². The minimum atomic E-state index is 0.211. The van der Waals surface area contributed by atoms with Crippen molar-refractivity contribution in [2.24, 2.45) is 5.92 Å². The molecule has 0 bridgehead atoms. The first-order valence-electron chi connectivity index (χ1n) is 6.23. The smallest absolute Gasteiger partial charge is 0.0796 e. The van der Waals surface area contributed by atoms with Crippen molar-refractivity contribution in [3.8, 4) is 0 Å². The van der Waals surface area contributed by atoms with Crippen molar-refractivity contribution >= 4 is 0 Å². The first kappa shape index (κ1) is 11.6. The van der Waals surface area contributed by atoms with Crippen molar-refractivity contribution in [3.05, 3.63) is 35.9 Å². The third kappa shape index (κ3) is 3.32. The molecular formula is C14H21NO. The van der Waals surface area contributed by atoms with E-state index >= 15 is 0 Å². The van der Waals surface area contributed by atoms with Gasteiger partial charge in [-0.05, 0) is 37.8 Å². The van der Waals surface area contributed by atoms with Gasteiger partial charge in [-0.25, -0.2) is 0 Å². The van der Waals surface area contributed by atoms with Crippen molar-refractivity contribution in [2.75, 3.05) is 19.7 Å². The van der Waals surface area contributed by atoms with E-state index in [1.807, 2.05) is 6.07 Å². The summed E-state index contributed by atoms with van der Waals surface area (Å²) < 4.78 is 5.93. The largest absolute Gasteiger partial charge is 0.373 e. The van der Waals surface area contributed by atoms with E-state index in [4.69, 9.17) is 4.74 Å². The van der Waals surface area contributed by atoms with Gasteiger partial charge >= 0.3 is 0 Å². The second-order valence-corrected chi connectivity index (χ2v) is 4.60. The molecule has 0 radical (unpaired) electrons. The molecule has 16 heavy (non-hydrogen) atoms. The van der Waals surface area contributed by atoms with Crippen LogP contribution in [0.25, 0.3) is 0 Å². The number of hydrogen-bond donors (Lipinski definition) is 1. The van der Waals surface area contributed by atoms with E-state index in [-0.39, 0.29) is 6.10 Å². The number of piperidine rings is 1. The molecule has 0 saturated carbocycles. The molecule has 0 aromatic heterocycles. The summed E-state index contributed by atoms with van der Waals surface area (Å²) in [7, 11) is 0. The maximum absolute atomic E-state index is 5.93. The summed E-state index contributed by atoms with van der Waals surface area (Å²) in [5.74, 6) is 0.694. The summed E-state index contributed by atoms with van der Waals surface area (Å²) in [6.07, 6.45) is 2.80. The fourth-order valence-electron chi connectivity index (χ4n) is 2.17. The van der Waals surface area contributed by atoms with Gasteiger partial charge in [0.2, 0.25) is 0 Å². The maximum atomic E-state index is 5.93. The second-order valence-electron chi connectivity index (χ2n) is 4.60. The molecule has 2 unspecified atom stereocenters. The molecule has 1 aromatic rings. The van der Waals surface area contributed by atoms with Gasteiger partial charge < -0.3 is 10.1 Å². The van der Waals surface area contributed by atoms with Crippen LogP contribution in [0.3, 0.4) is 0 Å². The Balaban J connectivity index is 1.77. The number of nitrogens with one attached hydrogen (secondary N) is 1. The van der Waals surface area contributed by atoms with Gasteiger partial charge in [-0.2, -0.15) is 0 Å². The van der Waals surface area contributed by atoms with E-state index in [0.29, 0.717) is 5.92 Å². The first-order valence-corrected chi connectivity index (χ1v) is 6.23. The van der Waals surface area contributed by atoms with Crippen LogP contribution in [0.1, 0.15) is 31.4 Å². The number of ether oxygens (including phenoxy) is 1. The molecule has 2 heteroatoms. The molecule has 2 nitrogen and oxygen atoms in total. The number of benzene rings is 1. The zero-order valence-corrected chi connectivity index (χ0v) is 9.99. The highest BCUT2D eigenvalue weighted by Gasteiger charge is 2.14. The predicted octanol–water partition coefficient (Wildman–Crippen LogP) is 2.76. The van der Waals surface area contributed by atoms with Crippen LogP contribution in [0, 0.1) is 5.92 Å². The summed E-state index contributed by atoms with van der Waals surface area (Å²) in [6, 6.07) is 10.4. The third-order valence-corrected chi connectivity index (χ3v) is 3.25. The Bertz CT molecular complexity index is 293. The minimum Gasteiger partial charge on any atom is -0.373 e. The maximum Gasteiger partial charge on any atom is 0.0796 e. The third-order valence-electron chi connectivity index (χ3n) is 3.25. The van der Waals surface area contributed by atoms with Gasteiger partial charge in [0.15, 0.2) is 0 Å². The number of hydrogen-bond acceptors (Lipinski definition) is 2. The monoisotopic (exact) mass is 219 g/mol. The fraction of sp³-hybridized carbons (Fsp3) is 0.571. The molecule has 0 amide bonds. The Morgan fingerprint density at radius 2 is 2.19 bits per heavy atom. The van der Waals surface area contributed by atoms with E-state index < -0.39 is 0 Å². The highest BCUT2D eigenvalue weighted by Crippen LogP contribution is 2.19. The van der Waals surface area contributed by atoms with Crippen LogP contribution in [-0.2, 0) is 4.74 Å². The van der Waals surface area contributed by atoms with Gasteiger partial charge in [-0.1, -0.05) is 30.3 Å². The average Bonchev–Trinajstić information content (AvgIpc) is 2.38. The summed E-state index contributed by atoms with van der Waals surface area (Å²) in [5, 5.41) is 3.42. The van der Waals surface area contributed by atoms with Gasteiger partial charge in [0.25, 0.3) is 0 Å². The van der Waals surface area contributed by atoms with Crippen LogP contribution < -0.4 is 5.32 Å². The molecule has 1 fully saturated rings. The Morgan fingerprint density at radius 3 is 2.88 bits per heavy atom. The topological polar surface area (TPSA) is 21.3 Å². The second kappa shape index (κ2) is 6.02. The Hall–Kier alpha value is -0.860. The lowest BCUT2D eigenvalue weighted by atomic mass is 10.0. The standard InChI is InChI=1S/C14H21NO/c1-12(14-7-3-2-4-8-14)16-11-13-6-5-9-15-10-13/h2-4,7-8,12-13,15H,5-6,9-11H2,1H3. The lowest BCUT2D eigenvalue weighted by Crippen LogP contribution is -2.32. The zero-order chi connectivity index (χ0) is 11.2. The molecule has 1 N–H and O–H groups in total. The van der Waals surface area contributed by atoms with E-state index in [0.717, 1.165) is 13.2 Å². The Labute approximate surface area is 98.0 Å². The van der Waals surface area contributed by atoms with Gasteiger partial charge in [0.1, 0.15) is 0 Å². The minimum absolute atomic E-state index is 0.211. The quantitative estimate of drug-likeness (QED) is 0.840. The summed E-state index contributed by atoms with van der Waals surface area (Å²) in [5.41, 5.74) is 1.27. The molecule has 1 aliphatic heterocycles. The summed E-state index contributed by atoms with van der Waals surface area (Å²) in [4.78, 5) is 0. The predicted molar refractivity (Wildman–Crippen MR) is 66.4 cm³/mol. The first-order chi connectivity index (χ1) is 7.86. The van der Waals surface area contributed by atoms with Crippen LogP contribution in [0.4, 0.5) is 0 Å². The van der Waals surface area contributed by atoms with Crippen LogP contribution in [0.5, 0.6) is 0 Å². The Morgan fingerprint density at radius 1 is 1.38 bits per heavy atom. The lowest BCUT2D eigenvalue weighted by Gasteiger charge is -2.24. The molecule has 1 aromatic carbocycles. The molecule has 1 heterocycles. The molecular weight excluding hydrogens is 198 g/mol. The van der Waals surface area contributed by atoms with Crippen LogP contribution >= 0.6 is 0 Å². The SMILES string of the molecule is CC(OCC1CCCNC1)c1ccccc1. The molecule has 88 valence electrons. The van der Waals surface area contributed by atoms with Crippen molar-refractivity contribution in [1.29, 1.82) is 0 Å². The molecule has 1 saturated heterocycles. The molecule has 2 atom stereocenters. The van der Waals surface area contributed by atoms with Gasteiger partial charge in [0.05, 0.1) is 12.7 Å². The number of rotatable bonds is 4. The highest BCUT2D eigenvalue weighted by molar-refractivity contribution is 5.16. The Kier molecular flexibility index (Phi) is 4.37. The van der Waals surface area contributed by atoms with E-state index in [1.165, 1.54) is 24.9 Å². The highest BCUT2D eigenvalue weighted by atomic mass is 16.5. The van der Waals surface area contributed by atoms with E-state index in [2.05, 4.69) is 36.5 Å². The fourth-order valence-corrected chi connectivity index (χ4v) is 2.17. The lowest BCUT2D eigenvalue weighted by molar-refractivity contribution is 0.0335. The molecule has 1 aliphatic rings. The van der Waals surface area contributed by atoms with Crippen LogP contribution in [-0.4, -0.2) is 19.7 Å². The van der Waals surface area contributed by atoms with E-state index in [9.17, 15) is 0 Å². The molecule has 0 spiro atoms. The normalized spacial score (nSPS) is 22.9. The molecule has 2 rings (SSSR count). The summed E-state index contributed by atoms with van der Waals surface area (Å²) in [6.45, 7) is 5.29. The average molecular weight is 219 g/mol. The van der Waals surface area contributed by atoms with Crippen molar-refractivity contribution in [1.82, 2.24) is 5.32 Å². The van der Waals surface area contributed by atoms with Crippen molar-refractivity contribution < 1.29 is 4.74 Å². The van der Waals surface area contributed by atoms with Crippen LogP contribution in [0.2, 0.25) is 0 Å². The van der Waals surface area contributed by atoms with Gasteiger partial charge in [0, 0.05) is 6.54 Å². The van der Waals surface area contributed by atoms with Gasteiger partial charge in [-0.15, -0.1) is 0 Å².